The minimum absolute atomic E-state index is 0.0985. The van der Waals surface area contributed by atoms with Crippen LogP contribution in [0.25, 0.3) is 0 Å². The first-order valence-electron chi connectivity index (χ1n) is 7.85. The number of unbranched alkanes of at least 4 members (excludes halogenated alkanes) is 3. The first-order valence-corrected chi connectivity index (χ1v) is 7.85. The fourth-order valence-electron chi connectivity index (χ4n) is 2.46. The number of ether oxygens (including phenoxy) is 2. The van der Waals surface area contributed by atoms with Crippen molar-refractivity contribution in [3.8, 4) is 11.5 Å². The SMILES string of the molecule is CCCCCCC(N)c1ccc2c(c1)OCC(C)CO2. The lowest BCUT2D eigenvalue weighted by molar-refractivity contribution is 0.228. The Morgan fingerprint density at radius 3 is 2.65 bits per heavy atom. The molecule has 0 radical (unpaired) electrons. The molecule has 2 unspecified atom stereocenters. The smallest absolute Gasteiger partial charge is 0.161 e. The van der Waals surface area contributed by atoms with Gasteiger partial charge in [0.15, 0.2) is 11.5 Å². The van der Waals surface area contributed by atoms with Crippen molar-refractivity contribution < 1.29 is 9.47 Å². The van der Waals surface area contributed by atoms with E-state index < -0.39 is 0 Å². The van der Waals surface area contributed by atoms with Crippen LogP contribution in [0.3, 0.4) is 0 Å². The van der Waals surface area contributed by atoms with Gasteiger partial charge in [0.1, 0.15) is 0 Å². The van der Waals surface area contributed by atoms with Crippen molar-refractivity contribution >= 4 is 0 Å². The molecule has 0 saturated carbocycles. The van der Waals surface area contributed by atoms with E-state index in [0.29, 0.717) is 12.5 Å². The normalized spacial score (nSPS) is 19.4. The summed E-state index contributed by atoms with van der Waals surface area (Å²) in [5.41, 5.74) is 7.43. The number of nitrogens with two attached hydrogens (primary N) is 1. The molecule has 0 fully saturated rings. The monoisotopic (exact) mass is 277 g/mol. The maximum absolute atomic E-state index is 6.28. The second-order valence-corrected chi connectivity index (χ2v) is 5.89. The van der Waals surface area contributed by atoms with Crippen molar-refractivity contribution in [2.45, 2.75) is 52.0 Å². The van der Waals surface area contributed by atoms with Gasteiger partial charge in [-0.2, -0.15) is 0 Å². The number of hydrogen-bond donors (Lipinski definition) is 1. The standard InChI is InChI=1S/C17H27NO2/c1-3-4-5-6-7-15(18)14-8-9-16-17(10-14)20-12-13(2)11-19-16/h8-10,13,15H,3-7,11-12,18H2,1-2H3. The van der Waals surface area contributed by atoms with E-state index in [1.54, 1.807) is 0 Å². The van der Waals surface area contributed by atoms with Crippen LogP contribution in [0.2, 0.25) is 0 Å². The molecular weight excluding hydrogens is 250 g/mol. The maximum atomic E-state index is 6.28. The summed E-state index contributed by atoms with van der Waals surface area (Å²) < 4.78 is 11.6. The van der Waals surface area contributed by atoms with E-state index in [4.69, 9.17) is 15.2 Å². The van der Waals surface area contributed by atoms with Gasteiger partial charge in [0, 0.05) is 12.0 Å². The first kappa shape index (κ1) is 15.2. The fraction of sp³-hybridized carbons (Fsp3) is 0.647. The van der Waals surface area contributed by atoms with Gasteiger partial charge in [-0.15, -0.1) is 0 Å². The van der Waals surface area contributed by atoms with Crippen LogP contribution in [0.15, 0.2) is 18.2 Å². The van der Waals surface area contributed by atoms with Crippen molar-refractivity contribution in [2.75, 3.05) is 13.2 Å². The third kappa shape index (κ3) is 4.14. The van der Waals surface area contributed by atoms with Gasteiger partial charge in [-0.3, -0.25) is 0 Å². The summed E-state index contributed by atoms with van der Waals surface area (Å²) >= 11 is 0. The first-order chi connectivity index (χ1) is 9.70. The van der Waals surface area contributed by atoms with Crippen molar-refractivity contribution in [1.82, 2.24) is 0 Å². The molecule has 0 aliphatic carbocycles. The quantitative estimate of drug-likeness (QED) is 0.797. The van der Waals surface area contributed by atoms with Crippen LogP contribution < -0.4 is 15.2 Å². The van der Waals surface area contributed by atoms with Gasteiger partial charge < -0.3 is 15.2 Å². The Morgan fingerprint density at radius 2 is 1.90 bits per heavy atom. The van der Waals surface area contributed by atoms with Gasteiger partial charge in [0.2, 0.25) is 0 Å². The largest absolute Gasteiger partial charge is 0.489 e. The van der Waals surface area contributed by atoms with Crippen LogP contribution >= 0.6 is 0 Å². The van der Waals surface area contributed by atoms with Gasteiger partial charge in [0.05, 0.1) is 13.2 Å². The lowest BCUT2D eigenvalue weighted by atomic mass is 10.0. The molecule has 1 aliphatic rings. The Morgan fingerprint density at radius 1 is 1.15 bits per heavy atom. The zero-order chi connectivity index (χ0) is 14.4. The van der Waals surface area contributed by atoms with Gasteiger partial charge in [-0.1, -0.05) is 45.6 Å². The van der Waals surface area contributed by atoms with E-state index in [2.05, 4.69) is 26.0 Å². The van der Waals surface area contributed by atoms with Crippen molar-refractivity contribution in [1.29, 1.82) is 0 Å². The van der Waals surface area contributed by atoms with E-state index in [1.165, 1.54) is 25.7 Å². The molecule has 0 aromatic heterocycles. The summed E-state index contributed by atoms with van der Waals surface area (Å²) in [4.78, 5) is 0. The number of benzene rings is 1. The lowest BCUT2D eigenvalue weighted by Crippen LogP contribution is -2.12. The highest BCUT2D eigenvalue weighted by Crippen LogP contribution is 2.33. The number of rotatable bonds is 6. The van der Waals surface area contributed by atoms with E-state index in [1.807, 2.05) is 6.07 Å². The molecule has 0 amide bonds. The topological polar surface area (TPSA) is 44.5 Å². The molecule has 0 bridgehead atoms. The molecule has 2 atom stereocenters. The summed E-state index contributed by atoms with van der Waals surface area (Å²) in [5, 5.41) is 0. The number of fused-ring (bicyclic) bond motifs is 1. The summed E-state index contributed by atoms with van der Waals surface area (Å²) in [5.74, 6) is 2.11. The van der Waals surface area contributed by atoms with E-state index in [0.717, 1.165) is 30.1 Å². The third-order valence-electron chi connectivity index (χ3n) is 3.81. The molecule has 0 saturated heterocycles. The Bertz CT molecular complexity index is 419. The average molecular weight is 277 g/mol. The summed E-state index contributed by atoms with van der Waals surface area (Å²) in [6.45, 7) is 5.79. The van der Waals surface area contributed by atoms with Crippen LogP contribution in [0.1, 0.15) is 57.6 Å². The van der Waals surface area contributed by atoms with Gasteiger partial charge >= 0.3 is 0 Å². The van der Waals surface area contributed by atoms with Crippen LogP contribution in [-0.4, -0.2) is 13.2 Å². The van der Waals surface area contributed by atoms with E-state index >= 15 is 0 Å². The third-order valence-corrected chi connectivity index (χ3v) is 3.81. The van der Waals surface area contributed by atoms with Crippen LogP contribution in [-0.2, 0) is 0 Å². The van der Waals surface area contributed by atoms with Gasteiger partial charge in [0.25, 0.3) is 0 Å². The molecule has 20 heavy (non-hydrogen) atoms. The average Bonchev–Trinajstić information content (AvgIpc) is 2.65. The van der Waals surface area contributed by atoms with Gasteiger partial charge in [-0.05, 0) is 24.1 Å². The predicted molar refractivity (Wildman–Crippen MR) is 82.3 cm³/mol. The molecule has 1 aliphatic heterocycles. The molecule has 2 N–H and O–H groups in total. The van der Waals surface area contributed by atoms with Crippen LogP contribution in [0.4, 0.5) is 0 Å². The molecule has 1 aromatic rings. The molecule has 3 nitrogen and oxygen atoms in total. The Hall–Kier alpha value is -1.22. The fourth-order valence-corrected chi connectivity index (χ4v) is 2.46. The predicted octanol–water partition coefficient (Wildman–Crippen LogP) is 4.06. The minimum atomic E-state index is 0.0985. The molecule has 2 rings (SSSR count). The Labute approximate surface area is 122 Å². The van der Waals surface area contributed by atoms with Gasteiger partial charge in [-0.25, -0.2) is 0 Å². The Kier molecular flexibility index (Phi) is 5.72. The van der Waals surface area contributed by atoms with Crippen molar-refractivity contribution in [3.63, 3.8) is 0 Å². The van der Waals surface area contributed by atoms with Crippen molar-refractivity contribution in [2.24, 2.45) is 11.7 Å². The summed E-state index contributed by atoms with van der Waals surface area (Å²) in [7, 11) is 0. The van der Waals surface area contributed by atoms with Crippen molar-refractivity contribution in [3.05, 3.63) is 23.8 Å². The highest BCUT2D eigenvalue weighted by molar-refractivity contribution is 5.44. The van der Waals surface area contributed by atoms with Crippen LogP contribution in [0.5, 0.6) is 11.5 Å². The summed E-state index contributed by atoms with van der Waals surface area (Å²) in [6, 6.07) is 6.22. The molecular formula is C17H27NO2. The highest BCUT2D eigenvalue weighted by Gasteiger charge is 2.16. The maximum Gasteiger partial charge on any atom is 0.161 e. The molecule has 1 aromatic carbocycles. The second-order valence-electron chi connectivity index (χ2n) is 5.89. The van der Waals surface area contributed by atoms with Crippen LogP contribution in [0, 0.1) is 5.92 Å². The summed E-state index contributed by atoms with van der Waals surface area (Å²) in [6.07, 6.45) is 6.06. The zero-order valence-electron chi connectivity index (χ0n) is 12.7. The van der Waals surface area contributed by atoms with E-state index in [9.17, 15) is 0 Å². The highest BCUT2D eigenvalue weighted by atomic mass is 16.5. The Balaban J connectivity index is 1.96. The van der Waals surface area contributed by atoms with E-state index in [-0.39, 0.29) is 6.04 Å². The molecule has 3 heteroatoms. The minimum Gasteiger partial charge on any atom is -0.489 e. The second kappa shape index (κ2) is 7.53. The number of hydrogen-bond acceptors (Lipinski definition) is 3. The molecule has 0 spiro atoms. The zero-order valence-corrected chi connectivity index (χ0v) is 12.7. The lowest BCUT2D eigenvalue weighted by Gasteiger charge is -2.14. The molecule has 1 heterocycles. The molecule has 112 valence electrons.